The van der Waals surface area contributed by atoms with Crippen molar-refractivity contribution in [3.05, 3.63) is 63.6 Å². The molecule has 0 aromatic heterocycles. The van der Waals surface area contributed by atoms with Gasteiger partial charge in [0, 0.05) is 25.2 Å². The van der Waals surface area contributed by atoms with Gasteiger partial charge in [-0.1, -0.05) is 41.4 Å². The molecule has 1 heterocycles. The van der Waals surface area contributed by atoms with Crippen molar-refractivity contribution in [1.82, 2.24) is 5.32 Å². The lowest BCUT2D eigenvalue weighted by Crippen LogP contribution is -2.25. The fourth-order valence-corrected chi connectivity index (χ4v) is 3.13. The first-order valence-corrected chi connectivity index (χ1v) is 8.88. The number of hydrogen-bond acceptors (Lipinski definition) is 2. The van der Waals surface area contributed by atoms with Gasteiger partial charge >= 0.3 is 0 Å². The van der Waals surface area contributed by atoms with Crippen molar-refractivity contribution in [3.8, 4) is 0 Å². The van der Waals surface area contributed by atoms with Crippen LogP contribution in [0.1, 0.15) is 24.0 Å². The number of anilines is 1. The van der Waals surface area contributed by atoms with Crippen molar-refractivity contribution in [2.24, 2.45) is 0 Å². The zero-order chi connectivity index (χ0) is 17.8. The van der Waals surface area contributed by atoms with Crippen LogP contribution in [-0.4, -0.2) is 18.4 Å². The molecule has 1 fully saturated rings. The van der Waals surface area contributed by atoms with E-state index in [-0.39, 0.29) is 18.2 Å². The summed E-state index contributed by atoms with van der Waals surface area (Å²) >= 11 is 11.8. The molecule has 0 spiro atoms. The fourth-order valence-electron chi connectivity index (χ4n) is 2.81. The molecule has 0 saturated carbocycles. The number of rotatable bonds is 5. The Morgan fingerprint density at radius 2 is 1.76 bits per heavy atom. The summed E-state index contributed by atoms with van der Waals surface area (Å²) in [4.78, 5) is 25.6. The van der Waals surface area contributed by atoms with E-state index < -0.39 is 0 Å². The van der Waals surface area contributed by atoms with Crippen LogP contribution in [0.2, 0.25) is 10.0 Å². The minimum absolute atomic E-state index is 0.0859. The summed E-state index contributed by atoms with van der Waals surface area (Å²) in [7, 11) is 0. The molecule has 1 saturated heterocycles. The van der Waals surface area contributed by atoms with E-state index in [0.717, 1.165) is 29.8 Å². The van der Waals surface area contributed by atoms with Crippen LogP contribution in [-0.2, 0) is 22.6 Å². The molecule has 4 nitrogen and oxygen atoms in total. The standard InChI is InChI=1S/C19H18Cl2N2O2/c20-16-8-5-14(10-17(16)21)11-18(24)22-12-13-3-6-15(7-4-13)23-9-1-2-19(23)25/h3-8,10H,1-2,9,11-12H2,(H,22,24). The van der Waals surface area contributed by atoms with E-state index >= 15 is 0 Å². The first-order valence-electron chi connectivity index (χ1n) is 8.13. The molecule has 0 atom stereocenters. The van der Waals surface area contributed by atoms with Crippen molar-refractivity contribution in [1.29, 1.82) is 0 Å². The second kappa shape index (κ2) is 7.89. The van der Waals surface area contributed by atoms with Gasteiger partial charge in [0.05, 0.1) is 16.5 Å². The molecule has 2 aromatic rings. The lowest BCUT2D eigenvalue weighted by molar-refractivity contribution is -0.120. The smallest absolute Gasteiger partial charge is 0.227 e. The normalized spacial score (nSPS) is 14.0. The molecular weight excluding hydrogens is 359 g/mol. The number of halogens is 2. The average molecular weight is 377 g/mol. The summed E-state index contributed by atoms with van der Waals surface area (Å²) in [6.45, 7) is 1.22. The van der Waals surface area contributed by atoms with Crippen LogP contribution < -0.4 is 10.2 Å². The lowest BCUT2D eigenvalue weighted by Gasteiger charge is -2.16. The van der Waals surface area contributed by atoms with Gasteiger partial charge < -0.3 is 10.2 Å². The van der Waals surface area contributed by atoms with Gasteiger partial charge in [0.15, 0.2) is 0 Å². The van der Waals surface area contributed by atoms with Crippen molar-refractivity contribution in [3.63, 3.8) is 0 Å². The van der Waals surface area contributed by atoms with E-state index in [1.54, 1.807) is 23.1 Å². The minimum Gasteiger partial charge on any atom is -0.352 e. The van der Waals surface area contributed by atoms with E-state index in [0.29, 0.717) is 23.0 Å². The average Bonchev–Trinajstić information content (AvgIpc) is 3.03. The monoisotopic (exact) mass is 376 g/mol. The van der Waals surface area contributed by atoms with Crippen LogP contribution in [0.5, 0.6) is 0 Å². The molecule has 0 bridgehead atoms. The molecule has 3 rings (SSSR count). The number of benzene rings is 2. The van der Waals surface area contributed by atoms with Crippen molar-refractivity contribution < 1.29 is 9.59 Å². The summed E-state index contributed by atoms with van der Waals surface area (Å²) in [5.74, 6) is 0.0832. The first kappa shape index (κ1) is 17.8. The summed E-state index contributed by atoms with van der Waals surface area (Å²) in [6, 6.07) is 12.9. The van der Waals surface area contributed by atoms with E-state index in [2.05, 4.69) is 5.32 Å². The van der Waals surface area contributed by atoms with E-state index in [9.17, 15) is 9.59 Å². The van der Waals surface area contributed by atoms with Crippen LogP contribution in [0.15, 0.2) is 42.5 Å². The zero-order valence-corrected chi connectivity index (χ0v) is 15.1. The van der Waals surface area contributed by atoms with Gasteiger partial charge in [-0.25, -0.2) is 0 Å². The van der Waals surface area contributed by atoms with Gasteiger partial charge in [0.25, 0.3) is 0 Å². The Labute approximate surface area is 156 Å². The van der Waals surface area contributed by atoms with Crippen molar-refractivity contribution in [2.45, 2.75) is 25.8 Å². The Bertz CT molecular complexity index is 791. The predicted molar refractivity (Wildman–Crippen MR) is 100 cm³/mol. The zero-order valence-electron chi connectivity index (χ0n) is 13.6. The highest BCUT2D eigenvalue weighted by atomic mass is 35.5. The Hall–Kier alpha value is -2.04. The molecule has 2 amide bonds. The SMILES string of the molecule is O=C(Cc1ccc(Cl)c(Cl)c1)NCc1ccc(N2CCCC2=O)cc1. The first-order chi connectivity index (χ1) is 12.0. The maximum Gasteiger partial charge on any atom is 0.227 e. The summed E-state index contributed by atoms with van der Waals surface area (Å²) < 4.78 is 0. The topological polar surface area (TPSA) is 49.4 Å². The second-order valence-corrected chi connectivity index (χ2v) is 6.83. The van der Waals surface area contributed by atoms with Crippen LogP contribution in [0, 0.1) is 0 Å². The number of carbonyl (C=O) groups is 2. The van der Waals surface area contributed by atoms with Crippen molar-refractivity contribution in [2.75, 3.05) is 11.4 Å². The number of amides is 2. The molecule has 0 aliphatic carbocycles. The van der Waals surface area contributed by atoms with E-state index in [1.165, 1.54) is 0 Å². The molecule has 2 aromatic carbocycles. The molecule has 1 aliphatic rings. The fraction of sp³-hybridized carbons (Fsp3) is 0.263. The molecule has 130 valence electrons. The third kappa shape index (κ3) is 4.53. The number of hydrogen-bond donors (Lipinski definition) is 1. The number of nitrogens with one attached hydrogen (secondary N) is 1. The number of nitrogens with zero attached hydrogens (tertiary/aromatic N) is 1. The molecule has 1 aliphatic heterocycles. The van der Waals surface area contributed by atoms with Crippen LogP contribution in [0.25, 0.3) is 0 Å². The highest BCUT2D eigenvalue weighted by Crippen LogP contribution is 2.23. The third-order valence-corrected chi connectivity index (χ3v) is 4.90. The van der Waals surface area contributed by atoms with Gasteiger partial charge in [-0.15, -0.1) is 0 Å². The quantitative estimate of drug-likeness (QED) is 0.857. The van der Waals surface area contributed by atoms with E-state index in [1.807, 2.05) is 24.3 Å². The third-order valence-electron chi connectivity index (χ3n) is 4.16. The lowest BCUT2D eigenvalue weighted by atomic mass is 10.1. The maximum absolute atomic E-state index is 12.1. The van der Waals surface area contributed by atoms with Gasteiger partial charge in [0.2, 0.25) is 11.8 Å². The molecule has 6 heteroatoms. The van der Waals surface area contributed by atoms with Gasteiger partial charge in [-0.2, -0.15) is 0 Å². The minimum atomic E-state index is -0.0859. The summed E-state index contributed by atoms with van der Waals surface area (Å²) in [6.07, 6.45) is 1.77. The molecular formula is C19H18Cl2N2O2. The highest BCUT2D eigenvalue weighted by molar-refractivity contribution is 6.42. The Morgan fingerprint density at radius 1 is 1.04 bits per heavy atom. The van der Waals surface area contributed by atoms with Gasteiger partial charge in [0.1, 0.15) is 0 Å². The molecule has 1 N–H and O–H groups in total. The molecule has 25 heavy (non-hydrogen) atoms. The Balaban J connectivity index is 1.53. The van der Waals surface area contributed by atoms with Crippen LogP contribution in [0.4, 0.5) is 5.69 Å². The molecule has 0 unspecified atom stereocenters. The van der Waals surface area contributed by atoms with Crippen molar-refractivity contribution >= 4 is 40.7 Å². The molecule has 0 radical (unpaired) electrons. The van der Waals surface area contributed by atoms with Gasteiger partial charge in [-0.3, -0.25) is 9.59 Å². The maximum atomic E-state index is 12.1. The van der Waals surface area contributed by atoms with Crippen LogP contribution in [0.3, 0.4) is 0 Å². The Morgan fingerprint density at radius 3 is 2.40 bits per heavy atom. The number of carbonyl (C=O) groups excluding carboxylic acids is 2. The second-order valence-electron chi connectivity index (χ2n) is 6.02. The van der Waals surface area contributed by atoms with Crippen LogP contribution >= 0.6 is 23.2 Å². The largest absolute Gasteiger partial charge is 0.352 e. The van der Waals surface area contributed by atoms with Gasteiger partial charge in [-0.05, 0) is 41.8 Å². The predicted octanol–water partition coefficient (Wildman–Crippen LogP) is 3.98. The Kier molecular flexibility index (Phi) is 5.61. The summed E-state index contributed by atoms with van der Waals surface area (Å²) in [5.41, 5.74) is 2.71. The van der Waals surface area contributed by atoms with E-state index in [4.69, 9.17) is 23.2 Å². The highest BCUT2D eigenvalue weighted by Gasteiger charge is 2.21. The summed E-state index contributed by atoms with van der Waals surface area (Å²) in [5, 5.41) is 3.80.